The Bertz CT molecular complexity index is 474. The molecule has 5 nitrogen and oxygen atoms in total. The van der Waals surface area contributed by atoms with E-state index in [-0.39, 0.29) is 24.3 Å². The average molecular weight is 292 g/mol. The van der Waals surface area contributed by atoms with Gasteiger partial charge in [0.2, 0.25) is 5.91 Å². The van der Waals surface area contributed by atoms with Crippen molar-refractivity contribution in [2.45, 2.75) is 39.2 Å². The van der Waals surface area contributed by atoms with Gasteiger partial charge in [-0.3, -0.25) is 9.59 Å². The molecule has 0 heterocycles. The molecular weight excluding hydrogens is 268 g/mol. The second-order valence-corrected chi connectivity index (χ2v) is 4.88. The lowest BCUT2D eigenvalue weighted by Crippen LogP contribution is -2.31. The summed E-state index contributed by atoms with van der Waals surface area (Å²) in [5.41, 5.74) is 7.38. The lowest BCUT2D eigenvalue weighted by Gasteiger charge is -2.20. The minimum atomic E-state index is -0.365. The van der Waals surface area contributed by atoms with Crippen LogP contribution in [0.4, 0.5) is 0 Å². The second kappa shape index (κ2) is 9.13. The highest BCUT2D eigenvalue weighted by Gasteiger charge is 2.20. The van der Waals surface area contributed by atoms with Gasteiger partial charge in [-0.2, -0.15) is 0 Å². The molecule has 0 spiro atoms. The molecule has 0 aliphatic heterocycles. The average Bonchev–Trinajstić information content (AvgIpc) is 2.45. The molecule has 0 saturated heterocycles. The van der Waals surface area contributed by atoms with Crippen molar-refractivity contribution in [2.24, 2.45) is 5.73 Å². The molecule has 21 heavy (non-hydrogen) atoms. The van der Waals surface area contributed by atoms with Crippen molar-refractivity contribution in [3.8, 4) is 0 Å². The summed E-state index contributed by atoms with van der Waals surface area (Å²) in [5, 5.41) is 2.90. The molecule has 1 aromatic rings. The Balaban J connectivity index is 2.82. The van der Waals surface area contributed by atoms with E-state index >= 15 is 0 Å². The largest absolute Gasteiger partial charge is 0.466 e. The molecule has 1 aromatic carbocycles. The summed E-state index contributed by atoms with van der Waals surface area (Å²) in [7, 11) is 0. The van der Waals surface area contributed by atoms with Gasteiger partial charge in [0.25, 0.3) is 0 Å². The lowest BCUT2D eigenvalue weighted by molar-refractivity contribution is -0.143. The molecule has 0 aliphatic rings. The van der Waals surface area contributed by atoms with E-state index in [4.69, 9.17) is 10.5 Å². The number of carbonyl (C=O) groups is 2. The van der Waals surface area contributed by atoms with Gasteiger partial charge in [-0.05, 0) is 37.9 Å². The van der Waals surface area contributed by atoms with E-state index in [0.717, 1.165) is 11.1 Å². The van der Waals surface area contributed by atoms with Crippen LogP contribution in [0.25, 0.3) is 0 Å². The smallest absolute Gasteiger partial charge is 0.308 e. The Morgan fingerprint density at radius 3 is 2.67 bits per heavy atom. The zero-order chi connectivity index (χ0) is 15.7. The highest BCUT2D eigenvalue weighted by molar-refractivity contribution is 5.78. The minimum Gasteiger partial charge on any atom is -0.466 e. The first-order valence-electron chi connectivity index (χ1n) is 7.29. The molecule has 0 aromatic heterocycles. The van der Waals surface area contributed by atoms with Crippen molar-refractivity contribution in [3.05, 3.63) is 35.4 Å². The van der Waals surface area contributed by atoms with E-state index < -0.39 is 0 Å². The van der Waals surface area contributed by atoms with Gasteiger partial charge in [0.15, 0.2) is 0 Å². The molecule has 3 N–H and O–H groups in total. The number of esters is 1. The van der Waals surface area contributed by atoms with Gasteiger partial charge in [-0.25, -0.2) is 0 Å². The first-order valence-corrected chi connectivity index (χ1v) is 7.29. The number of carbonyl (C=O) groups excluding carboxylic acids is 2. The van der Waals surface area contributed by atoms with Crippen molar-refractivity contribution in [2.75, 3.05) is 13.2 Å². The number of nitrogens with two attached hydrogens (primary N) is 1. The van der Waals surface area contributed by atoms with Crippen molar-refractivity contribution < 1.29 is 14.3 Å². The summed E-state index contributed by atoms with van der Waals surface area (Å²) in [6.07, 6.45) is 1.13. The van der Waals surface area contributed by atoms with Crippen LogP contribution in [0.1, 0.15) is 43.4 Å². The fourth-order valence-corrected chi connectivity index (χ4v) is 2.13. The first-order chi connectivity index (χ1) is 10.1. The summed E-state index contributed by atoms with van der Waals surface area (Å²) < 4.78 is 4.99. The molecule has 1 rings (SSSR count). The number of hydrogen-bond donors (Lipinski definition) is 2. The zero-order valence-electron chi connectivity index (χ0n) is 12.7. The highest BCUT2D eigenvalue weighted by atomic mass is 16.5. The number of hydrogen-bond acceptors (Lipinski definition) is 4. The maximum Gasteiger partial charge on any atom is 0.308 e. The monoisotopic (exact) mass is 292 g/mol. The Morgan fingerprint density at radius 1 is 1.33 bits per heavy atom. The van der Waals surface area contributed by atoms with E-state index in [1.54, 1.807) is 6.92 Å². The fourth-order valence-electron chi connectivity index (χ4n) is 2.13. The number of rotatable bonds is 8. The Morgan fingerprint density at radius 2 is 2.05 bits per heavy atom. The Labute approximate surface area is 125 Å². The second-order valence-electron chi connectivity index (χ2n) is 4.88. The predicted molar refractivity (Wildman–Crippen MR) is 81.6 cm³/mol. The van der Waals surface area contributed by atoms with Gasteiger partial charge in [0.05, 0.1) is 19.1 Å². The third-order valence-corrected chi connectivity index (χ3v) is 3.18. The van der Waals surface area contributed by atoms with Gasteiger partial charge in [-0.1, -0.05) is 24.3 Å². The van der Waals surface area contributed by atoms with Crippen LogP contribution in [-0.4, -0.2) is 25.0 Å². The number of benzene rings is 1. The highest BCUT2D eigenvalue weighted by Crippen LogP contribution is 2.21. The number of ether oxygens (including phenoxy) is 1. The van der Waals surface area contributed by atoms with E-state index in [1.807, 2.05) is 31.2 Å². The fraction of sp³-hybridized carbons (Fsp3) is 0.500. The van der Waals surface area contributed by atoms with Gasteiger partial charge in [-0.15, -0.1) is 0 Å². The summed E-state index contributed by atoms with van der Waals surface area (Å²) >= 11 is 0. The van der Waals surface area contributed by atoms with E-state index in [0.29, 0.717) is 26.0 Å². The van der Waals surface area contributed by atoms with Crippen molar-refractivity contribution in [1.29, 1.82) is 0 Å². The van der Waals surface area contributed by atoms with Crippen LogP contribution in [0.3, 0.4) is 0 Å². The third kappa shape index (κ3) is 5.95. The number of aryl methyl sites for hydroxylation is 1. The quantitative estimate of drug-likeness (QED) is 0.716. The van der Waals surface area contributed by atoms with Crippen LogP contribution in [0.2, 0.25) is 0 Å². The van der Waals surface area contributed by atoms with Crippen molar-refractivity contribution in [3.63, 3.8) is 0 Å². The van der Waals surface area contributed by atoms with Crippen molar-refractivity contribution in [1.82, 2.24) is 5.32 Å². The molecule has 1 unspecified atom stereocenters. The molecule has 1 amide bonds. The predicted octanol–water partition coefficient (Wildman–Crippen LogP) is 1.84. The summed E-state index contributed by atoms with van der Waals surface area (Å²) in [6, 6.07) is 7.33. The zero-order valence-corrected chi connectivity index (χ0v) is 12.7. The van der Waals surface area contributed by atoms with Gasteiger partial charge >= 0.3 is 5.97 Å². The number of nitrogens with one attached hydrogen (secondary N) is 1. The summed E-state index contributed by atoms with van der Waals surface area (Å²) in [6.45, 7) is 4.53. The molecule has 0 saturated carbocycles. The maximum absolute atomic E-state index is 11.9. The third-order valence-electron chi connectivity index (χ3n) is 3.18. The summed E-state index contributed by atoms with van der Waals surface area (Å²) in [5.74, 6) is -0.414. The standard InChI is InChI=1S/C16H24N2O3/c1-3-21-16(20)11-14(18-15(19)9-6-10-17)13-8-5-4-7-12(13)2/h4-5,7-8,14H,3,6,9-11,17H2,1-2H3,(H,18,19). The van der Waals surface area contributed by atoms with E-state index in [1.165, 1.54) is 0 Å². The molecule has 1 atom stereocenters. The molecule has 0 aliphatic carbocycles. The van der Waals surface area contributed by atoms with E-state index in [2.05, 4.69) is 5.32 Å². The Kier molecular flexibility index (Phi) is 7.46. The van der Waals surface area contributed by atoms with E-state index in [9.17, 15) is 9.59 Å². The SMILES string of the molecule is CCOC(=O)CC(NC(=O)CCCN)c1ccccc1C. The Hall–Kier alpha value is -1.88. The maximum atomic E-state index is 11.9. The van der Waals surface area contributed by atoms with Gasteiger partial charge < -0.3 is 15.8 Å². The van der Waals surface area contributed by atoms with Crippen LogP contribution < -0.4 is 11.1 Å². The summed E-state index contributed by atoms with van der Waals surface area (Å²) in [4.78, 5) is 23.7. The molecule has 116 valence electrons. The van der Waals surface area contributed by atoms with Crippen LogP contribution >= 0.6 is 0 Å². The van der Waals surface area contributed by atoms with Gasteiger partial charge in [0.1, 0.15) is 0 Å². The first kappa shape index (κ1) is 17.2. The van der Waals surface area contributed by atoms with Crippen molar-refractivity contribution >= 4 is 11.9 Å². The van der Waals surface area contributed by atoms with Gasteiger partial charge in [0, 0.05) is 6.42 Å². The molecule has 0 radical (unpaired) electrons. The normalized spacial score (nSPS) is 11.8. The van der Waals surface area contributed by atoms with Crippen LogP contribution in [0.5, 0.6) is 0 Å². The van der Waals surface area contributed by atoms with Crippen LogP contribution in [0, 0.1) is 6.92 Å². The number of amides is 1. The lowest BCUT2D eigenvalue weighted by atomic mass is 9.98. The van der Waals surface area contributed by atoms with Crippen LogP contribution in [0.15, 0.2) is 24.3 Å². The topological polar surface area (TPSA) is 81.4 Å². The molecular formula is C16H24N2O3. The molecule has 0 bridgehead atoms. The van der Waals surface area contributed by atoms with Crippen LogP contribution in [-0.2, 0) is 14.3 Å². The molecule has 5 heteroatoms. The minimum absolute atomic E-state index is 0.0991. The molecule has 0 fully saturated rings.